The Morgan fingerprint density at radius 2 is 2.14 bits per heavy atom. The van der Waals surface area contributed by atoms with Crippen LogP contribution in [-0.2, 0) is 6.54 Å². The van der Waals surface area contributed by atoms with Crippen LogP contribution < -0.4 is 5.73 Å². The van der Waals surface area contributed by atoms with Crippen LogP contribution >= 0.6 is 15.9 Å². The second kappa shape index (κ2) is 3.53. The molecule has 0 radical (unpaired) electrons. The molecule has 0 aromatic carbocycles. The average molecular weight is 259 g/mol. The fraction of sp³-hybridized carbons (Fsp3) is 0.778. The molecule has 1 aliphatic carbocycles. The molecule has 0 bridgehead atoms. The van der Waals surface area contributed by atoms with Crippen molar-refractivity contribution in [3.05, 3.63) is 4.73 Å². The number of nitrogens with zero attached hydrogens (tertiary/aromatic N) is 3. The Kier molecular flexibility index (Phi) is 2.51. The number of nitrogens with two attached hydrogens (primary N) is 1. The van der Waals surface area contributed by atoms with Gasteiger partial charge in [0.2, 0.25) is 5.95 Å². The van der Waals surface area contributed by atoms with Crippen LogP contribution in [0, 0.1) is 5.41 Å². The second-order valence-corrected chi connectivity index (χ2v) is 5.12. The Morgan fingerprint density at radius 3 is 2.64 bits per heavy atom. The van der Waals surface area contributed by atoms with Crippen LogP contribution in [0.15, 0.2) is 4.73 Å². The van der Waals surface area contributed by atoms with Crippen molar-refractivity contribution in [3.8, 4) is 0 Å². The number of hydrogen-bond donors (Lipinski definition) is 1. The topological polar surface area (TPSA) is 56.7 Å². The number of aromatic nitrogens is 3. The summed E-state index contributed by atoms with van der Waals surface area (Å²) < 4.78 is 2.60. The quantitative estimate of drug-likeness (QED) is 0.885. The van der Waals surface area contributed by atoms with Gasteiger partial charge in [-0.25, -0.2) is 4.68 Å². The summed E-state index contributed by atoms with van der Waals surface area (Å²) in [6, 6.07) is 0. The fourth-order valence-corrected chi connectivity index (χ4v) is 2.57. The molecule has 4 nitrogen and oxygen atoms in total. The van der Waals surface area contributed by atoms with Crippen LogP contribution in [-0.4, -0.2) is 14.8 Å². The highest BCUT2D eigenvalue weighted by Gasteiger charge is 2.30. The van der Waals surface area contributed by atoms with E-state index >= 15 is 0 Å². The normalized spacial score (nSPS) is 20.1. The third kappa shape index (κ3) is 1.92. The minimum atomic E-state index is 0.346. The average Bonchev–Trinajstić information content (AvgIpc) is 2.61. The van der Waals surface area contributed by atoms with E-state index in [1.807, 2.05) is 4.68 Å². The van der Waals surface area contributed by atoms with Crippen LogP contribution in [0.4, 0.5) is 5.95 Å². The van der Waals surface area contributed by atoms with E-state index in [1.165, 1.54) is 25.7 Å². The van der Waals surface area contributed by atoms with Gasteiger partial charge in [0.05, 0.1) is 0 Å². The molecular weight excluding hydrogens is 244 g/mol. The summed E-state index contributed by atoms with van der Waals surface area (Å²) in [5.74, 6) is 0.346. The third-order valence-corrected chi connectivity index (χ3v) is 3.57. The van der Waals surface area contributed by atoms with Crippen LogP contribution in [0.5, 0.6) is 0 Å². The molecule has 0 saturated heterocycles. The SMILES string of the molecule is CC1(Cn2nc(N)nc2Br)CCCC1. The fourth-order valence-electron chi connectivity index (χ4n) is 2.19. The molecule has 0 amide bonds. The van der Waals surface area contributed by atoms with E-state index in [4.69, 9.17) is 5.73 Å². The van der Waals surface area contributed by atoms with Crippen molar-refractivity contribution in [3.63, 3.8) is 0 Å². The first-order chi connectivity index (χ1) is 6.59. The lowest BCUT2D eigenvalue weighted by molar-refractivity contribution is 0.265. The molecule has 14 heavy (non-hydrogen) atoms. The lowest BCUT2D eigenvalue weighted by Crippen LogP contribution is -2.20. The zero-order valence-corrected chi connectivity index (χ0v) is 9.92. The van der Waals surface area contributed by atoms with Gasteiger partial charge in [0.25, 0.3) is 0 Å². The monoisotopic (exact) mass is 258 g/mol. The van der Waals surface area contributed by atoms with Gasteiger partial charge < -0.3 is 5.73 Å². The lowest BCUT2D eigenvalue weighted by Gasteiger charge is -2.22. The Hall–Kier alpha value is -0.580. The summed E-state index contributed by atoms with van der Waals surface area (Å²) in [6.45, 7) is 3.22. The van der Waals surface area contributed by atoms with Gasteiger partial charge in [-0.15, -0.1) is 5.10 Å². The number of halogens is 1. The molecule has 0 atom stereocenters. The van der Waals surface area contributed by atoms with Gasteiger partial charge in [-0.2, -0.15) is 4.98 Å². The molecule has 1 fully saturated rings. The first-order valence-electron chi connectivity index (χ1n) is 4.95. The van der Waals surface area contributed by atoms with Gasteiger partial charge >= 0.3 is 0 Å². The van der Waals surface area contributed by atoms with Crippen LogP contribution in [0.3, 0.4) is 0 Å². The van der Waals surface area contributed by atoms with Gasteiger partial charge in [-0.05, 0) is 34.2 Å². The largest absolute Gasteiger partial charge is 0.366 e. The van der Waals surface area contributed by atoms with Crippen molar-refractivity contribution in [1.29, 1.82) is 0 Å². The first kappa shape index (κ1) is 9.96. The molecular formula is C9H15BrN4. The minimum absolute atomic E-state index is 0.346. The van der Waals surface area contributed by atoms with Gasteiger partial charge in [0.1, 0.15) is 0 Å². The number of rotatable bonds is 2. The second-order valence-electron chi connectivity index (χ2n) is 4.41. The standard InChI is InChI=1S/C9H15BrN4/c1-9(4-2-3-5-9)6-14-7(10)12-8(11)13-14/h2-6H2,1H3,(H2,11,13). The number of hydrogen-bond acceptors (Lipinski definition) is 3. The minimum Gasteiger partial charge on any atom is -0.366 e. The van der Waals surface area contributed by atoms with E-state index < -0.39 is 0 Å². The summed E-state index contributed by atoms with van der Waals surface area (Å²) >= 11 is 3.36. The molecule has 2 rings (SSSR count). The van der Waals surface area contributed by atoms with Crippen LogP contribution in [0.2, 0.25) is 0 Å². The zero-order valence-electron chi connectivity index (χ0n) is 8.33. The van der Waals surface area contributed by atoms with Crippen molar-refractivity contribution >= 4 is 21.9 Å². The molecule has 0 spiro atoms. The number of anilines is 1. The molecule has 1 aromatic heterocycles. The maximum atomic E-state index is 5.52. The summed E-state index contributed by atoms with van der Waals surface area (Å²) in [7, 11) is 0. The zero-order chi connectivity index (χ0) is 10.2. The predicted molar refractivity (Wildman–Crippen MR) is 58.7 cm³/mol. The van der Waals surface area contributed by atoms with Crippen molar-refractivity contribution in [2.75, 3.05) is 5.73 Å². The van der Waals surface area contributed by atoms with Crippen LogP contribution in [0.1, 0.15) is 32.6 Å². The Labute approximate surface area is 92.0 Å². The molecule has 1 heterocycles. The highest BCUT2D eigenvalue weighted by Crippen LogP contribution is 2.39. The molecule has 1 aliphatic rings. The molecule has 5 heteroatoms. The third-order valence-electron chi connectivity index (χ3n) is 2.99. The molecule has 0 unspecified atom stereocenters. The van der Waals surface area contributed by atoms with Gasteiger partial charge in [0, 0.05) is 6.54 Å². The van der Waals surface area contributed by atoms with E-state index in [2.05, 4.69) is 32.9 Å². The van der Waals surface area contributed by atoms with E-state index in [0.29, 0.717) is 11.4 Å². The van der Waals surface area contributed by atoms with Gasteiger partial charge in [-0.3, -0.25) is 0 Å². The molecule has 1 saturated carbocycles. The van der Waals surface area contributed by atoms with E-state index in [-0.39, 0.29) is 0 Å². The summed E-state index contributed by atoms with van der Waals surface area (Å²) in [6.07, 6.45) is 5.22. The summed E-state index contributed by atoms with van der Waals surface area (Å²) in [5.41, 5.74) is 5.90. The Balaban J connectivity index is 2.13. The van der Waals surface area contributed by atoms with Crippen molar-refractivity contribution in [2.24, 2.45) is 5.41 Å². The number of nitrogen functional groups attached to an aromatic ring is 1. The predicted octanol–water partition coefficient (Wildman–Crippen LogP) is 2.20. The highest BCUT2D eigenvalue weighted by molar-refractivity contribution is 9.10. The van der Waals surface area contributed by atoms with Crippen molar-refractivity contribution < 1.29 is 0 Å². The smallest absolute Gasteiger partial charge is 0.240 e. The lowest BCUT2D eigenvalue weighted by atomic mass is 9.89. The summed E-state index contributed by atoms with van der Waals surface area (Å²) in [5, 5.41) is 4.16. The van der Waals surface area contributed by atoms with Crippen LogP contribution in [0.25, 0.3) is 0 Å². The molecule has 0 aliphatic heterocycles. The van der Waals surface area contributed by atoms with Crippen molar-refractivity contribution in [1.82, 2.24) is 14.8 Å². The maximum absolute atomic E-state index is 5.52. The van der Waals surface area contributed by atoms with Crippen molar-refractivity contribution in [2.45, 2.75) is 39.2 Å². The maximum Gasteiger partial charge on any atom is 0.240 e. The van der Waals surface area contributed by atoms with E-state index in [1.54, 1.807) is 0 Å². The molecule has 78 valence electrons. The molecule has 2 N–H and O–H groups in total. The van der Waals surface area contributed by atoms with E-state index in [0.717, 1.165) is 11.3 Å². The van der Waals surface area contributed by atoms with Gasteiger partial charge in [-0.1, -0.05) is 19.8 Å². The van der Waals surface area contributed by atoms with Gasteiger partial charge in [0.15, 0.2) is 4.73 Å². The van der Waals surface area contributed by atoms with E-state index in [9.17, 15) is 0 Å². The highest BCUT2D eigenvalue weighted by atomic mass is 79.9. The Morgan fingerprint density at radius 1 is 1.50 bits per heavy atom. The summed E-state index contributed by atoms with van der Waals surface area (Å²) in [4.78, 5) is 4.03. The molecule has 1 aromatic rings. The first-order valence-corrected chi connectivity index (χ1v) is 5.74. The Bertz CT molecular complexity index is 328.